The summed E-state index contributed by atoms with van der Waals surface area (Å²) in [6.07, 6.45) is 5.27. The van der Waals surface area contributed by atoms with Gasteiger partial charge >= 0.3 is 12.1 Å². The lowest BCUT2D eigenvalue weighted by Crippen LogP contribution is -2.57. The number of imidazole rings is 1. The molecule has 1 aromatic heterocycles. The smallest absolute Gasteiger partial charge is 0.415 e. The van der Waals surface area contributed by atoms with E-state index in [-0.39, 0.29) is 11.9 Å². The molecular weight excluding hydrogens is 362 g/mol. The summed E-state index contributed by atoms with van der Waals surface area (Å²) in [6, 6.07) is -0.110. The first-order valence-electron chi connectivity index (χ1n) is 9.52. The molecule has 0 radical (unpaired) electrons. The fourth-order valence-electron chi connectivity index (χ4n) is 3.05. The van der Waals surface area contributed by atoms with Crippen LogP contribution in [0.25, 0.3) is 0 Å². The average molecular weight is 394 g/mol. The fourth-order valence-corrected chi connectivity index (χ4v) is 3.05. The quantitative estimate of drug-likeness (QED) is 0.762. The Morgan fingerprint density at radius 1 is 1.00 bits per heavy atom. The number of carbonyl (C=O) groups is 3. The molecule has 2 heterocycles. The van der Waals surface area contributed by atoms with E-state index in [1.807, 2.05) is 7.05 Å². The molecule has 156 valence electrons. The van der Waals surface area contributed by atoms with Gasteiger partial charge in [-0.3, -0.25) is 4.79 Å². The number of hydrogen-bond donors (Lipinski definition) is 1. The summed E-state index contributed by atoms with van der Waals surface area (Å²) in [4.78, 5) is 41.1. The maximum absolute atomic E-state index is 13.0. The summed E-state index contributed by atoms with van der Waals surface area (Å²) < 4.78 is 8.59. The lowest BCUT2D eigenvalue weighted by molar-refractivity contribution is -0.670. The predicted molar refractivity (Wildman–Crippen MR) is 103 cm³/mol. The third-order valence-electron chi connectivity index (χ3n) is 4.39. The highest BCUT2D eigenvalue weighted by Gasteiger charge is 2.36. The summed E-state index contributed by atoms with van der Waals surface area (Å²) in [6.45, 7) is 10.6. The topological polar surface area (TPSA) is 87.8 Å². The van der Waals surface area contributed by atoms with Gasteiger partial charge in [-0.1, -0.05) is 0 Å². The molecule has 1 aromatic rings. The van der Waals surface area contributed by atoms with Gasteiger partial charge in [0.15, 0.2) is 0 Å². The molecule has 0 saturated carbocycles. The molecule has 1 aliphatic heterocycles. The Labute approximate surface area is 166 Å². The molecule has 0 aromatic carbocycles. The first-order valence-corrected chi connectivity index (χ1v) is 9.52. The number of amides is 3. The van der Waals surface area contributed by atoms with Gasteiger partial charge in [-0.05, 0) is 41.0 Å². The Morgan fingerprint density at radius 3 is 2.18 bits per heavy atom. The number of alkyl carbamates (subject to hydrolysis) is 1. The van der Waals surface area contributed by atoms with E-state index in [4.69, 9.17) is 4.74 Å². The predicted octanol–water partition coefficient (Wildman–Crippen LogP) is 1.12. The SMILES string of the molecule is C[n+]1ccn(C(=O)N2CCCN(C(=O)C(C)(C)NC(=O)OC(C)(C)C)CC2)c1. The van der Waals surface area contributed by atoms with Crippen LogP contribution in [0.3, 0.4) is 0 Å². The molecule has 0 atom stereocenters. The maximum atomic E-state index is 13.0. The number of aryl methyl sites for hydroxylation is 1. The Hall–Kier alpha value is -2.58. The second-order valence-electron chi connectivity index (χ2n) is 8.65. The Balaban J connectivity index is 1.97. The van der Waals surface area contributed by atoms with Crippen molar-refractivity contribution in [2.24, 2.45) is 7.05 Å². The molecule has 1 fully saturated rings. The highest BCUT2D eigenvalue weighted by Crippen LogP contribution is 2.14. The molecule has 1 aliphatic rings. The van der Waals surface area contributed by atoms with E-state index in [0.29, 0.717) is 32.6 Å². The lowest BCUT2D eigenvalue weighted by atomic mass is 10.0. The van der Waals surface area contributed by atoms with Gasteiger partial charge in [0.25, 0.3) is 6.33 Å². The second-order valence-corrected chi connectivity index (χ2v) is 8.65. The largest absolute Gasteiger partial charge is 0.444 e. The van der Waals surface area contributed by atoms with Gasteiger partial charge in [-0.25, -0.2) is 14.2 Å². The van der Waals surface area contributed by atoms with Crippen molar-refractivity contribution in [2.45, 2.75) is 52.2 Å². The van der Waals surface area contributed by atoms with Crippen molar-refractivity contribution in [1.29, 1.82) is 0 Å². The van der Waals surface area contributed by atoms with Crippen LogP contribution in [0.2, 0.25) is 0 Å². The van der Waals surface area contributed by atoms with E-state index in [0.717, 1.165) is 0 Å². The summed E-state index contributed by atoms with van der Waals surface area (Å²) >= 11 is 0. The zero-order valence-corrected chi connectivity index (χ0v) is 17.7. The van der Waals surface area contributed by atoms with Crippen molar-refractivity contribution in [1.82, 2.24) is 19.7 Å². The lowest BCUT2D eigenvalue weighted by Gasteiger charge is -2.32. The number of hydrogen-bond acceptors (Lipinski definition) is 4. The van der Waals surface area contributed by atoms with E-state index in [9.17, 15) is 14.4 Å². The van der Waals surface area contributed by atoms with Crippen LogP contribution in [-0.4, -0.2) is 69.7 Å². The molecule has 9 nitrogen and oxygen atoms in total. The number of carbonyl (C=O) groups excluding carboxylic acids is 3. The van der Waals surface area contributed by atoms with Crippen LogP contribution >= 0.6 is 0 Å². The van der Waals surface area contributed by atoms with Crippen LogP contribution in [0, 0.1) is 0 Å². The van der Waals surface area contributed by atoms with Gasteiger partial charge in [0.2, 0.25) is 5.91 Å². The molecule has 2 rings (SSSR count). The van der Waals surface area contributed by atoms with Crippen molar-refractivity contribution in [2.75, 3.05) is 26.2 Å². The Kier molecular flexibility index (Phi) is 6.36. The fraction of sp³-hybridized carbons (Fsp3) is 0.684. The monoisotopic (exact) mass is 394 g/mol. The number of aromatic nitrogens is 2. The van der Waals surface area contributed by atoms with Crippen molar-refractivity contribution in [3.8, 4) is 0 Å². The van der Waals surface area contributed by atoms with Crippen molar-refractivity contribution in [3.63, 3.8) is 0 Å². The molecule has 0 bridgehead atoms. The third kappa shape index (κ3) is 5.71. The van der Waals surface area contributed by atoms with Crippen molar-refractivity contribution < 1.29 is 23.7 Å². The van der Waals surface area contributed by atoms with Gasteiger partial charge in [0.05, 0.1) is 7.05 Å². The van der Waals surface area contributed by atoms with Crippen molar-refractivity contribution in [3.05, 3.63) is 18.7 Å². The second kappa shape index (κ2) is 8.20. The van der Waals surface area contributed by atoms with E-state index in [1.165, 1.54) is 4.57 Å². The van der Waals surface area contributed by atoms with Gasteiger partial charge < -0.3 is 19.9 Å². The summed E-state index contributed by atoms with van der Waals surface area (Å²) in [5.41, 5.74) is -1.74. The molecule has 1 N–H and O–H groups in total. The van der Waals surface area contributed by atoms with Crippen LogP contribution in [0.4, 0.5) is 9.59 Å². The average Bonchev–Trinajstić information content (AvgIpc) is 2.84. The molecule has 28 heavy (non-hydrogen) atoms. The molecule has 0 aliphatic carbocycles. The van der Waals surface area contributed by atoms with Crippen LogP contribution in [-0.2, 0) is 16.6 Å². The molecular formula is C19H32N5O4+. The molecule has 3 amide bonds. The number of nitrogens with zero attached hydrogens (tertiary/aromatic N) is 4. The number of rotatable bonds is 2. The highest BCUT2D eigenvalue weighted by molar-refractivity contribution is 5.89. The standard InChI is InChI=1S/C19H31N5O4/c1-18(2,3)28-16(26)20-19(4,5)15(25)22-8-7-9-23(13-12-22)17(27)24-11-10-21(6)14-24/h10-11,14H,7-9,12-13H2,1-6H3/p+1. The first kappa shape index (κ1) is 21.7. The first-order chi connectivity index (χ1) is 12.9. The molecule has 9 heteroatoms. The van der Waals surface area contributed by atoms with E-state index in [2.05, 4.69) is 5.32 Å². The summed E-state index contributed by atoms with van der Waals surface area (Å²) in [7, 11) is 1.85. The summed E-state index contributed by atoms with van der Waals surface area (Å²) in [5.74, 6) is -0.194. The highest BCUT2D eigenvalue weighted by atomic mass is 16.6. The molecule has 0 spiro atoms. The zero-order chi connectivity index (χ0) is 21.1. The maximum Gasteiger partial charge on any atom is 0.415 e. The summed E-state index contributed by atoms with van der Waals surface area (Å²) in [5, 5.41) is 2.65. The van der Waals surface area contributed by atoms with Crippen LogP contribution in [0.1, 0.15) is 41.0 Å². The van der Waals surface area contributed by atoms with E-state index >= 15 is 0 Å². The normalized spacial score (nSPS) is 15.8. The minimum atomic E-state index is -1.10. The third-order valence-corrected chi connectivity index (χ3v) is 4.39. The van der Waals surface area contributed by atoms with Crippen LogP contribution in [0.15, 0.2) is 18.7 Å². The molecule has 0 unspecified atom stereocenters. The minimum Gasteiger partial charge on any atom is -0.444 e. The minimum absolute atomic E-state index is 0.110. The number of ether oxygens (including phenoxy) is 1. The Bertz CT molecular complexity index is 735. The zero-order valence-electron chi connectivity index (χ0n) is 17.7. The van der Waals surface area contributed by atoms with Gasteiger partial charge in [-0.15, -0.1) is 0 Å². The van der Waals surface area contributed by atoms with E-state index in [1.54, 1.807) is 67.7 Å². The Morgan fingerprint density at radius 2 is 1.61 bits per heavy atom. The van der Waals surface area contributed by atoms with E-state index < -0.39 is 17.2 Å². The van der Waals surface area contributed by atoms with Gasteiger partial charge in [0, 0.05) is 26.2 Å². The van der Waals surface area contributed by atoms with Crippen LogP contribution in [0.5, 0.6) is 0 Å². The number of nitrogens with one attached hydrogen (secondary N) is 1. The van der Waals surface area contributed by atoms with Gasteiger partial charge in [0.1, 0.15) is 23.5 Å². The van der Waals surface area contributed by atoms with Crippen LogP contribution < -0.4 is 9.88 Å². The van der Waals surface area contributed by atoms with Gasteiger partial charge in [-0.2, -0.15) is 4.57 Å². The van der Waals surface area contributed by atoms with Crippen molar-refractivity contribution >= 4 is 18.0 Å². The molecule has 1 saturated heterocycles.